The van der Waals surface area contributed by atoms with Crippen molar-refractivity contribution in [3.63, 3.8) is 0 Å². The van der Waals surface area contributed by atoms with E-state index in [0.29, 0.717) is 10.7 Å². The van der Waals surface area contributed by atoms with Crippen LogP contribution in [-0.2, 0) is 10.2 Å². The minimum Gasteiger partial charge on any atom is -0.315 e. The highest BCUT2D eigenvalue weighted by atomic mass is 35.5. The van der Waals surface area contributed by atoms with Crippen molar-refractivity contribution in [3.05, 3.63) is 38.9 Å². The summed E-state index contributed by atoms with van der Waals surface area (Å²) in [6.45, 7) is 1.45. The van der Waals surface area contributed by atoms with Crippen molar-refractivity contribution in [1.29, 1.82) is 0 Å². The topological polar surface area (TPSA) is 63.5 Å². The number of carbonyl (C=O) groups excluding carboxylic acids is 1. The van der Waals surface area contributed by atoms with Gasteiger partial charge in [-0.15, -0.1) is 0 Å². The van der Waals surface area contributed by atoms with Gasteiger partial charge in [-0.05, 0) is 30.7 Å². The molecular weight excluding hydrogens is 256 g/mol. The first kappa shape index (κ1) is 12.8. The van der Waals surface area contributed by atoms with E-state index in [0.717, 1.165) is 5.56 Å². The van der Waals surface area contributed by atoms with E-state index in [-0.39, 0.29) is 23.8 Å². The highest BCUT2D eigenvalue weighted by molar-refractivity contribution is 6.30. The molecule has 1 unspecified atom stereocenters. The lowest BCUT2D eigenvalue weighted by Crippen LogP contribution is -2.44. The van der Waals surface area contributed by atoms with E-state index in [2.05, 4.69) is 0 Å². The maximum absolute atomic E-state index is 11.9. The van der Waals surface area contributed by atoms with Gasteiger partial charge < -0.3 is 4.90 Å². The highest BCUT2D eigenvalue weighted by Crippen LogP contribution is 2.41. The highest BCUT2D eigenvalue weighted by Gasteiger charge is 2.42. The van der Waals surface area contributed by atoms with Crippen molar-refractivity contribution in [2.45, 2.75) is 18.8 Å². The van der Waals surface area contributed by atoms with Crippen LogP contribution in [0.2, 0.25) is 5.02 Å². The Labute approximate surface area is 109 Å². The minimum absolute atomic E-state index is 0.117. The van der Waals surface area contributed by atoms with Crippen molar-refractivity contribution in [1.82, 2.24) is 0 Å². The third-order valence-corrected chi connectivity index (χ3v) is 3.60. The largest absolute Gasteiger partial charge is 0.315 e. The normalized spacial score (nSPS) is 22.8. The van der Waals surface area contributed by atoms with Gasteiger partial charge in [-0.3, -0.25) is 14.9 Å². The summed E-state index contributed by atoms with van der Waals surface area (Å²) in [5.74, 6) is -0.117. The first-order valence-electron chi connectivity index (χ1n) is 5.52. The Morgan fingerprint density at radius 1 is 1.56 bits per heavy atom. The summed E-state index contributed by atoms with van der Waals surface area (Å²) in [6.07, 6.45) is 0.123. The Morgan fingerprint density at radius 2 is 2.22 bits per heavy atom. The van der Waals surface area contributed by atoms with Crippen LogP contribution < -0.4 is 4.90 Å². The fourth-order valence-electron chi connectivity index (χ4n) is 2.39. The van der Waals surface area contributed by atoms with Crippen LogP contribution in [-0.4, -0.2) is 24.4 Å². The second-order valence-electron chi connectivity index (χ2n) is 4.84. The molecule has 96 valence electrons. The standard InChI is InChI=1S/C12H13ClN2O3/c1-12(7-15(17)18)6-11(16)14(2)10-4-3-8(13)5-9(10)12/h3-5H,6-7H2,1-2H3. The molecule has 5 nitrogen and oxygen atoms in total. The molecule has 0 bridgehead atoms. The van der Waals surface area contributed by atoms with Crippen LogP contribution >= 0.6 is 11.6 Å². The number of hydrogen-bond donors (Lipinski definition) is 0. The van der Waals surface area contributed by atoms with Crippen molar-refractivity contribution in [2.75, 3.05) is 18.5 Å². The minimum atomic E-state index is -0.798. The Balaban J connectivity index is 2.58. The van der Waals surface area contributed by atoms with E-state index < -0.39 is 5.41 Å². The third kappa shape index (κ3) is 2.06. The van der Waals surface area contributed by atoms with Gasteiger partial charge in [0.05, 0.1) is 5.41 Å². The van der Waals surface area contributed by atoms with Crippen molar-refractivity contribution in [2.24, 2.45) is 0 Å². The maximum Gasteiger partial charge on any atom is 0.227 e. The van der Waals surface area contributed by atoms with Crippen LogP contribution in [0.4, 0.5) is 5.69 Å². The lowest BCUT2D eigenvalue weighted by Gasteiger charge is -2.36. The molecule has 0 saturated heterocycles. The summed E-state index contributed by atoms with van der Waals surface area (Å²) in [4.78, 5) is 23.8. The fourth-order valence-corrected chi connectivity index (χ4v) is 2.56. The van der Waals surface area contributed by atoms with Gasteiger partial charge in [-0.25, -0.2) is 0 Å². The zero-order valence-electron chi connectivity index (χ0n) is 10.1. The molecule has 1 aliphatic rings. The number of carbonyl (C=O) groups is 1. The molecule has 1 heterocycles. The quantitative estimate of drug-likeness (QED) is 0.610. The third-order valence-electron chi connectivity index (χ3n) is 3.36. The summed E-state index contributed by atoms with van der Waals surface area (Å²) in [5, 5.41) is 11.3. The van der Waals surface area contributed by atoms with Crippen LogP contribution in [0.25, 0.3) is 0 Å². The lowest BCUT2D eigenvalue weighted by atomic mass is 9.75. The predicted octanol–water partition coefficient (Wildman–Crippen LogP) is 2.24. The number of anilines is 1. The van der Waals surface area contributed by atoms with Gasteiger partial charge >= 0.3 is 0 Å². The second-order valence-corrected chi connectivity index (χ2v) is 5.28. The van der Waals surface area contributed by atoms with Gasteiger partial charge in [0.25, 0.3) is 0 Å². The van der Waals surface area contributed by atoms with Crippen LogP contribution in [0.15, 0.2) is 18.2 Å². The number of fused-ring (bicyclic) bond motifs is 1. The molecule has 1 amide bonds. The lowest BCUT2D eigenvalue weighted by molar-refractivity contribution is -0.490. The van der Waals surface area contributed by atoms with Gasteiger partial charge in [0.1, 0.15) is 0 Å². The van der Waals surface area contributed by atoms with Crippen molar-refractivity contribution >= 4 is 23.2 Å². The maximum atomic E-state index is 11.9. The van der Waals surface area contributed by atoms with Crippen molar-refractivity contribution < 1.29 is 9.72 Å². The number of rotatable bonds is 2. The average Bonchev–Trinajstić information content (AvgIpc) is 2.25. The van der Waals surface area contributed by atoms with E-state index in [1.54, 1.807) is 32.2 Å². The molecule has 1 atom stereocenters. The SMILES string of the molecule is CN1C(=O)CC(C)(C[N+](=O)[O-])c2cc(Cl)ccc21. The van der Waals surface area contributed by atoms with Crippen LogP contribution in [0.5, 0.6) is 0 Å². The molecule has 1 aromatic rings. The summed E-state index contributed by atoms with van der Waals surface area (Å²) in [6, 6.07) is 5.12. The second kappa shape index (κ2) is 4.24. The fraction of sp³-hybridized carbons (Fsp3) is 0.417. The average molecular weight is 269 g/mol. The molecule has 0 N–H and O–H groups in total. The number of amides is 1. The van der Waals surface area contributed by atoms with E-state index in [9.17, 15) is 14.9 Å². The molecule has 18 heavy (non-hydrogen) atoms. The molecule has 0 fully saturated rings. The Bertz CT molecular complexity index is 532. The van der Waals surface area contributed by atoms with Gasteiger partial charge in [0.2, 0.25) is 12.5 Å². The van der Waals surface area contributed by atoms with Gasteiger partial charge in [-0.2, -0.15) is 0 Å². The Morgan fingerprint density at radius 3 is 2.83 bits per heavy atom. The number of nitrogens with zero attached hydrogens (tertiary/aromatic N) is 2. The zero-order chi connectivity index (χ0) is 13.5. The summed E-state index contributed by atoms with van der Waals surface area (Å²) in [5.41, 5.74) is 0.654. The number of nitro groups is 1. The first-order chi connectivity index (χ1) is 8.33. The van der Waals surface area contributed by atoms with Gasteiger partial charge in [0, 0.05) is 29.1 Å². The molecule has 0 aliphatic carbocycles. The van der Waals surface area contributed by atoms with Crippen LogP contribution in [0.3, 0.4) is 0 Å². The molecule has 1 aromatic carbocycles. The monoisotopic (exact) mass is 268 g/mol. The molecule has 0 aromatic heterocycles. The van der Waals surface area contributed by atoms with E-state index in [4.69, 9.17) is 11.6 Å². The molecule has 0 radical (unpaired) electrons. The number of hydrogen-bond acceptors (Lipinski definition) is 3. The van der Waals surface area contributed by atoms with Crippen molar-refractivity contribution in [3.8, 4) is 0 Å². The first-order valence-corrected chi connectivity index (χ1v) is 5.90. The van der Waals surface area contributed by atoms with E-state index >= 15 is 0 Å². The summed E-state index contributed by atoms with van der Waals surface area (Å²) < 4.78 is 0. The smallest absolute Gasteiger partial charge is 0.227 e. The zero-order valence-corrected chi connectivity index (χ0v) is 10.9. The van der Waals surface area contributed by atoms with Crippen LogP contribution in [0, 0.1) is 10.1 Å². The van der Waals surface area contributed by atoms with Crippen LogP contribution in [0.1, 0.15) is 18.9 Å². The molecule has 0 saturated carbocycles. The predicted molar refractivity (Wildman–Crippen MR) is 68.7 cm³/mol. The molecule has 2 rings (SSSR count). The summed E-state index contributed by atoms with van der Waals surface area (Å²) in [7, 11) is 1.67. The van der Waals surface area contributed by atoms with Gasteiger partial charge in [0.15, 0.2) is 0 Å². The molecule has 0 spiro atoms. The Hall–Kier alpha value is -1.62. The number of halogens is 1. The van der Waals surface area contributed by atoms with Gasteiger partial charge in [-0.1, -0.05) is 11.6 Å². The van der Waals surface area contributed by atoms with E-state index in [1.807, 2.05) is 0 Å². The molecule has 1 aliphatic heterocycles. The molecule has 6 heteroatoms. The summed E-state index contributed by atoms with van der Waals surface area (Å²) >= 11 is 5.95. The number of benzene rings is 1. The van der Waals surface area contributed by atoms with E-state index in [1.165, 1.54) is 4.90 Å². The molecular formula is C12H13ClN2O3. The Kier molecular flexibility index (Phi) is 3.02.